The van der Waals surface area contributed by atoms with Crippen molar-refractivity contribution in [2.24, 2.45) is 0 Å². The third-order valence-corrected chi connectivity index (χ3v) is 15.9. The zero-order chi connectivity index (χ0) is 48.1. The lowest BCUT2D eigenvalue weighted by Crippen LogP contribution is -2.26. The summed E-state index contributed by atoms with van der Waals surface area (Å²) in [7, 11) is 0. The lowest BCUT2D eigenvalue weighted by Gasteiger charge is -2.33. The van der Waals surface area contributed by atoms with Gasteiger partial charge in [0.1, 0.15) is 0 Å². The summed E-state index contributed by atoms with van der Waals surface area (Å²) in [4.78, 5) is 2.48. The van der Waals surface area contributed by atoms with Gasteiger partial charge in [-0.3, -0.25) is 5.41 Å². The number of allylic oxidation sites excluding steroid dienone is 1. The Bertz CT molecular complexity index is 3870. The van der Waals surface area contributed by atoms with Gasteiger partial charge in [-0.25, -0.2) is 0 Å². The molecule has 10 aromatic rings. The molecule has 1 aliphatic heterocycles. The van der Waals surface area contributed by atoms with E-state index in [1.165, 1.54) is 66.8 Å². The Morgan fingerprint density at radius 2 is 0.806 bits per heavy atom. The second kappa shape index (κ2) is 16.0. The maximum absolute atomic E-state index is 9.89. The zero-order valence-corrected chi connectivity index (χ0v) is 40.1. The summed E-state index contributed by atoms with van der Waals surface area (Å²) >= 11 is 0. The average Bonchev–Trinajstić information content (AvgIpc) is 4.00. The highest BCUT2D eigenvalue weighted by molar-refractivity contribution is 6.36. The molecule has 0 amide bonds. The second-order valence-electron chi connectivity index (χ2n) is 20.0. The molecule has 0 unspecified atom stereocenters. The largest absolute Gasteiger partial charge is 0.354 e. The highest BCUT2D eigenvalue weighted by atomic mass is 15.1. The number of benzene rings is 10. The van der Waals surface area contributed by atoms with E-state index in [-0.39, 0.29) is 5.41 Å². The standard InChI is InChI=1S/C69H49N3/c1-68(2)58-30-16-12-26-52(58)56-38-35-49(42-62(56)68)72(50-36-39-57-55-29-15-19-33-61(55)69(63(57)43-50)59-31-17-13-27-53(59)54-28-14-18-32-60(54)69)48-34-37-51-47(40-48)41-64(44-20-6-3-7-21-44)71-67(51)65(45-22-8-4-9-23-45)66(70)46-24-10-5-11-25-46/h3-43,70-71H,1-2H3/b67-65-,70-66?. The fourth-order valence-electron chi connectivity index (χ4n) is 12.7. The molecule has 0 saturated carbocycles. The van der Waals surface area contributed by atoms with Gasteiger partial charge < -0.3 is 10.2 Å². The van der Waals surface area contributed by atoms with Crippen molar-refractivity contribution in [3.05, 3.63) is 304 Å². The minimum Gasteiger partial charge on any atom is -0.354 e. The molecule has 340 valence electrons. The molecule has 2 N–H and O–H groups in total. The molecule has 0 aromatic heterocycles. The van der Waals surface area contributed by atoms with E-state index in [0.717, 1.165) is 61.8 Å². The summed E-state index contributed by atoms with van der Waals surface area (Å²) in [5, 5.41) is 13.8. The minimum atomic E-state index is -0.492. The predicted octanol–water partition coefficient (Wildman–Crippen LogP) is 16.8. The van der Waals surface area contributed by atoms with Crippen LogP contribution in [-0.4, -0.2) is 5.71 Å². The van der Waals surface area contributed by atoms with E-state index in [1.807, 2.05) is 36.4 Å². The van der Waals surface area contributed by atoms with Crippen LogP contribution < -0.4 is 10.2 Å². The molecule has 0 radical (unpaired) electrons. The average molecular weight is 920 g/mol. The third-order valence-electron chi connectivity index (χ3n) is 15.9. The fraction of sp³-hybridized carbons (Fsp3) is 0.0580. The van der Waals surface area contributed by atoms with Crippen molar-refractivity contribution in [3.63, 3.8) is 0 Å². The van der Waals surface area contributed by atoms with Gasteiger partial charge in [0.2, 0.25) is 0 Å². The van der Waals surface area contributed by atoms with Crippen molar-refractivity contribution in [1.29, 1.82) is 5.41 Å². The Hall–Kier alpha value is -9.05. The van der Waals surface area contributed by atoms with Crippen LogP contribution in [0.3, 0.4) is 0 Å². The Labute approximate surface area is 421 Å². The van der Waals surface area contributed by atoms with Crippen molar-refractivity contribution in [3.8, 4) is 33.4 Å². The molecule has 4 aliphatic rings. The van der Waals surface area contributed by atoms with Crippen molar-refractivity contribution in [2.45, 2.75) is 24.7 Å². The van der Waals surface area contributed by atoms with E-state index < -0.39 is 5.41 Å². The van der Waals surface area contributed by atoms with Crippen molar-refractivity contribution in [1.82, 2.24) is 5.32 Å². The highest BCUT2D eigenvalue weighted by Crippen LogP contribution is 2.63. The van der Waals surface area contributed by atoms with E-state index in [4.69, 9.17) is 0 Å². The number of hydrogen-bond acceptors (Lipinski definition) is 3. The molecule has 1 spiro atoms. The Balaban J connectivity index is 1.02. The second-order valence-corrected chi connectivity index (χ2v) is 20.0. The van der Waals surface area contributed by atoms with Crippen LogP contribution in [0.4, 0.5) is 17.1 Å². The summed E-state index contributed by atoms with van der Waals surface area (Å²) in [6.07, 6.45) is 2.29. The molecular weight excluding hydrogens is 871 g/mol. The number of hydrogen-bond donors (Lipinski definition) is 2. The number of nitrogens with zero attached hydrogens (tertiary/aromatic N) is 1. The van der Waals surface area contributed by atoms with Crippen molar-refractivity contribution < 1.29 is 0 Å². The smallest absolute Gasteiger partial charge is 0.0726 e. The maximum atomic E-state index is 9.89. The van der Waals surface area contributed by atoms with Crippen LogP contribution in [0.25, 0.3) is 56.4 Å². The van der Waals surface area contributed by atoms with Crippen LogP contribution >= 0.6 is 0 Å². The molecule has 72 heavy (non-hydrogen) atoms. The summed E-state index contributed by atoms with van der Waals surface area (Å²) in [6.45, 7) is 4.73. The zero-order valence-electron chi connectivity index (χ0n) is 40.1. The summed E-state index contributed by atoms with van der Waals surface area (Å²) in [6, 6.07) is 88.3. The van der Waals surface area contributed by atoms with Crippen LogP contribution in [0.5, 0.6) is 0 Å². The van der Waals surface area contributed by atoms with Gasteiger partial charge in [-0.1, -0.05) is 220 Å². The van der Waals surface area contributed by atoms with Crippen LogP contribution in [0.2, 0.25) is 0 Å². The Morgan fingerprint density at radius 3 is 1.38 bits per heavy atom. The first-order chi connectivity index (χ1) is 35.4. The molecule has 3 aliphatic carbocycles. The van der Waals surface area contributed by atoms with Gasteiger partial charge in [0.05, 0.1) is 16.8 Å². The molecule has 3 nitrogen and oxygen atoms in total. The molecule has 14 rings (SSSR count). The third kappa shape index (κ3) is 6.07. The molecule has 0 fully saturated rings. The molecule has 1 heterocycles. The molecule has 0 atom stereocenters. The number of fused-ring (bicyclic) bond motifs is 14. The van der Waals surface area contributed by atoms with Gasteiger partial charge in [-0.15, -0.1) is 0 Å². The van der Waals surface area contributed by atoms with Crippen LogP contribution in [-0.2, 0) is 10.8 Å². The van der Waals surface area contributed by atoms with E-state index >= 15 is 0 Å². The Morgan fingerprint density at radius 1 is 0.389 bits per heavy atom. The normalized spacial score (nSPS) is 15.2. The monoisotopic (exact) mass is 919 g/mol. The quantitative estimate of drug-likeness (QED) is 0.156. The maximum Gasteiger partial charge on any atom is 0.0726 e. The van der Waals surface area contributed by atoms with Gasteiger partial charge in [0.25, 0.3) is 0 Å². The van der Waals surface area contributed by atoms with Crippen LogP contribution in [0.1, 0.15) is 75.0 Å². The molecule has 3 heteroatoms. The van der Waals surface area contributed by atoms with Crippen LogP contribution in [0.15, 0.2) is 243 Å². The number of rotatable bonds is 7. The lowest BCUT2D eigenvalue weighted by atomic mass is 9.70. The van der Waals surface area contributed by atoms with E-state index in [2.05, 4.69) is 236 Å². The SMILES string of the molecule is CC1(C)c2ccccc2-c2ccc(N(c3ccc4c(c3)C=C(c3ccccc3)N/C4=C(\C(=N)c3ccccc3)c3ccccc3)c3ccc4c(c3)C3(c5ccccc5-c5ccccc53)c3ccccc3-4)cc21. The van der Waals surface area contributed by atoms with Crippen molar-refractivity contribution >= 4 is 45.8 Å². The van der Waals surface area contributed by atoms with Gasteiger partial charge in [0.15, 0.2) is 0 Å². The van der Waals surface area contributed by atoms with E-state index in [9.17, 15) is 5.41 Å². The van der Waals surface area contributed by atoms with E-state index in [0.29, 0.717) is 5.71 Å². The summed E-state index contributed by atoms with van der Waals surface area (Å²) in [5.74, 6) is 0. The minimum absolute atomic E-state index is 0.194. The van der Waals surface area contributed by atoms with Crippen molar-refractivity contribution in [2.75, 3.05) is 4.90 Å². The van der Waals surface area contributed by atoms with Gasteiger partial charge in [0, 0.05) is 44.9 Å². The molecule has 0 saturated heterocycles. The molecule has 0 bridgehead atoms. The summed E-state index contributed by atoms with van der Waals surface area (Å²) in [5.41, 5.74) is 26.4. The number of nitrogens with one attached hydrogen (secondary N) is 2. The van der Waals surface area contributed by atoms with E-state index in [1.54, 1.807) is 0 Å². The lowest BCUT2D eigenvalue weighted by molar-refractivity contribution is 0.660. The fourth-order valence-corrected chi connectivity index (χ4v) is 12.7. The Kier molecular flexibility index (Phi) is 9.30. The topological polar surface area (TPSA) is 39.1 Å². The first kappa shape index (κ1) is 41.9. The first-order valence-corrected chi connectivity index (χ1v) is 25.0. The van der Waals surface area contributed by atoms with Gasteiger partial charge in [-0.05, 0) is 126 Å². The molecule has 10 aromatic carbocycles. The first-order valence-electron chi connectivity index (χ1n) is 25.0. The summed E-state index contributed by atoms with van der Waals surface area (Å²) < 4.78 is 0. The highest BCUT2D eigenvalue weighted by Gasteiger charge is 2.51. The predicted molar refractivity (Wildman–Crippen MR) is 299 cm³/mol. The number of anilines is 3. The van der Waals surface area contributed by atoms with Gasteiger partial charge in [-0.2, -0.15) is 0 Å². The van der Waals surface area contributed by atoms with Gasteiger partial charge >= 0.3 is 0 Å². The molecular formula is C69H49N3. The van der Waals surface area contributed by atoms with Crippen LogP contribution in [0, 0.1) is 5.41 Å².